The van der Waals surface area contributed by atoms with Crippen LogP contribution in [0.3, 0.4) is 0 Å². The molecule has 0 N–H and O–H groups in total. The van der Waals surface area contributed by atoms with Crippen LogP contribution in [-0.4, -0.2) is 14.2 Å². The topological polar surface area (TPSA) is 34.1 Å². The molecule has 1 aromatic carbocycles. The lowest BCUT2D eigenvalue weighted by Crippen LogP contribution is -2.14. The summed E-state index contributed by atoms with van der Waals surface area (Å²) < 4.78 is 97.9. The Labute approximate surface area is 111 Å². The molecule has 0 unspecified atom stereocenters. The van der Waals surface area contributed by atoms with E-state index >= 15 is 0 Å². The number of halogens is 6. The van der Waals surface area contributed by atoms with Crippen molar-refractivity contribution in [2.24, 2.45) is 0 Å². The Bertz CT molecular complexity index is 554. The van der Waals surface area contributed by atoms with Crippen LogP contribution in [0.1, 0.15) is 23.6 Å². The molecule has 0 heterocycles. The van der Waals surface area contributed by atoms with Gasteiger partial charge in [0.25, 0.3) is 0 Å². The third-order valence-electron chi connectivity index (χ3n) is 2.47. The van der Waals surface area contributed by atoms with Crippen LogP contribution in [0.25, 0.3) is 0 Å². The predicted molar refractivity (Wildman–Crippen MR) is 59.6 cm³/mol. The Hall–Kier alpha value is -1.25. The summed E-state index contributed by atoms with van der Waals surface area (Å²) in [5.74, 6) is -1.24. The molecule has 0 radical (unpaired) electrons. The number of rotatable bonds is 3. The molecule has 0 saturated carbocycles. The Balaban J connectivity index is 3.39. The number of hydrogen-bond donors (Lipinski definition) is 0. The number of alkyl halides is 6. The first-order valence-electron chi connectivity index (χ1n) is 5.34. The molecule has 114 valence electrons. The molecule has 0 aliphatic rings. The molecule has 9 heteroatoms. The summed E-state index contributed by atoms with van der Waals surface area (Å²) in [5, 5.41) is 0. The third-order valence-corrected chi connectivity index (χ3v) is 4.13. The molecule has 1 aromatic rings. The molecular formula is C11H10F6O2S. The van der Waals surface area contributed by atoms with Gasteiger partial charge < -0.3 is 0 Å². The molecular weight excluding hydrogens is 310 g/mol. The summed E-state index contributed by atoms with van der Waals surface area (Å²) in [7, 11) is -3.73. The molecule has 1 rings (SSSR count). The van der Waals surface area contributed by atoms with Crippen LogP contribution in [0.4, 0.5) is 26.3 Å². The van der Waals surface area contributed by atoms with Crippen molar-refractivity contribution in [2.45, 2.75) is 25.0 Å². The lowest BCUT2D eigenvalue weighted by atomic mass is 10.1. The van der Waals surface area contributed by atoms with Crippen molar-refractivity contribution in [1.29, 1.82) is 0 Å². The van der Waals surface area contributed by atoms with Crippen LogP contribution in [0.5, 0.6) is 0 Å². The van der Waals surface area contributed by atoms with Gasteiger partial charge in [0, 0.05) is 5.75 Å². The van der Waals surface area contributed by atoms with E-state index in [1.165, 1.54) is 6.92 Å². The van der Waals surface area contributed by atoms with E-state index in [1.807, 2.05) is 0 Å². The molecule has 0 saturated heterocycles. The Morgan fingerprint density at radius 1 is 0.900 bits per heavy atom. The Kier molecular flexibility index (Phi) is 4.42. The summed E-state index contributed by atoms with van der Waals surface area (Å²) in [5.41, 5.74) is -3.57. The van der Waals surface area contributed by atoms with Crippen molar-refractivity contribution in [1.82, 2.24) is 0 Å². The number of benzene rings is 1. The fourth-order valence-corrected chi connectivity index (χ4v) is 2.34. The molecule has 0 bridgehead atoms. The van der Waals surface area contributed by atoms with Gasteiger partial charge in [-0.1, -0.05) is 6.92 Å². The molecule has 2 nitrogen and oxygen atoms in total. The highest BCUT2D eigenvalue weighted by molar-refractivity contribution is 7.90. The molecule has 0 atom stereocenters. The van der Waals surface area contributed by atoms with E-state index in [0.717, 1.165) is 0 Å². The maximum atomic E-state index is 12.5. The van der Waals surface area contributed by atoms with Gasteiger partial charge in [0.05, 0.1) is 16.9 Å². The second-order valence-corrected chi connectivity index (χ2v) is 6.44. The van der Waals surface area contributed by atoms with Gasteiger partial charge >= 0.3 is 12.4 Å². The highest BCUT2D eigenvalue weighted by Crippen LogP contribution is 2.36. The van der Waals surface area contributed by atoms with Crippen molar-refractivity contribution in [3.63, 3.8) is 0 Å². The second kappa shape index (κ2) is 5.27. The zero-order valence-corrected chi connectivity index (χ0v) is 11.0. The predicted octanol–water partition coefficient (Wildman–Crippen LogP) is 3.66. The van der Waals surface area contributed by atoms with Gasteiger partial charge in [-0.3, -0.25) is 0 Å². The van der Waals surface area contributed by atoms with Crippen LogP contribution in [0, 0.1) is 0 Å². The first-order valence-corrected chi connectivity index (χ1v) is 7.16. The van der Waals surface area contributed by atoms with Gasteiger partial charge in [-0.25, -0.2) is 8.42 Å². The lowest BCUT2D eigenvalue weighted by molar-refractivity contribution is -0.143. The molecule has 0 spiro atoms. The van der Waals surface area contributed by atoms with E-state index in [2.05, 4.69) is 0 Å². The van der Waals surface area contributed by atoms with Gasteiger partial charge in [-0.05, 0) is 23.8 Å². The minimum atomic E-state index is -4.98. The van der Waals surface area contributed by atoms with E-state index in [1.54, 1.807) is 0 Å². The maximum Gasteiger partial charge on any atom is 0.416 e. The van der Waals surface area contributed by atoms with Gasteiger partial charge in [0.15, 0.2) is 9.84 Å². The normalized spacial score (nSPS) is 13.6. The van der Waals surface area contributed by atoms with Gasteiger partial charge in [0.1, 0.15) is 0 Å². The number of hydrogen-bond acceptors (Lipinski definition) is 2. The zero-order valence-electron chi connectivity index (χ0n) is 10.1. The van der Waals surface area contributed by atoms with E-state index in [4.69, 9.17) is 0 Å². The minimum absolute atomic E-state index is 0.0396. The summed E-state index contributed by atoms with van der Waals surface area (Å²) in [6, 6.07) is 0.799. The van der Waals surface area contributed by atoms with Crippen molar-refractivity contribution in [3.8, 4) is 0 Å². The fraction of sp³-hybridized carbons (Fsp3) is 0.455. The van der Waals surface area contributed by atoms with Crippen molar-refractivity contribution >= 4 is 9.84 Å². The van der Waals surface area contributed by atoms with Gasteiger partial charge in [-0.2, -0.15) is 26.3 Å². The lowest BCUT2D eigenvalue weighted by Gasteiger charge is -2.14. The van der Waals surface area contributed by atoms with Crippen LogP contribution >= 0.6 is 0 Å². The maximum absolute atomic E-state index is 12.5. The summed E-state index contributed by atoms with van der Waals surface area (Å²) in [6.07, 6.45) is -9.96. The number of sulfone groups is 1. The van der Waals surface area contributed by atoms with E-state index in [0.29, 0.717) is 12.1 Å². The standard InChI is InChI=1S/C11H10F6O2S/c1-2-20(18,19)6-7-3-8(10(12,13)14)5-9(4-7)11(15,16)17/h3-5H,2,6H2,1H3. The minimum Gasteiger partial charge on any atom is -0.229 e. The Morgan fingerprint density at radius 3 is 1.60 bits per heavy atom. The van der Waals surface area contributed by atoms with Crippen molar-refractivity contribution in [2.75, 3.05) is 5.75 Å². The Morgan fingerprint density at radius 2 is 1.30 bits per heavy atom. The van der Waals surface area contributed by atoms with Gasteiger partial charge in [-0.15, -0.1) is 0 Å². The molecule has 0 amide bonds. The average Bonchev–Trinajstić information content (AvgIpc) is 2.25. The first-order chi connectivity index (χ1) is 8.85. The largest absolute Gasteiger partial charge is 0.416 e. The molecule has 20 heavy (non-hydrogen) atoms. The van der Waals surface area contributed by atoms with Crippen LogP contribution < -0.4 is 0 Å². The second-order valence-electron chi connectivity index (χ2n) is 4.09. The van der Waals surface area contributed by atoms with Crippen LogP contribution in [0.2, 0.25) is 0 Å². The highest BCUT2D eigenvalue weighted by atomic mass is 32.2. The van der Waals surface area contributed by atoms with E-state index in [-0.39, 0.29) is 11.8 Å². The third kappa shape index (κ3) is 4.39. The summed E-state index contributed by atoms with van der Waals surface area (Å²) >= 11 is 0. The van der Waals surface area contributed by atoms with Gasteiger partial charge in [0.2, 0.25) is 0 Å². The SMILES string of the molecule is CCS(=O)(=O)Cc1cc(C(F)(F)F)cc(C(F)(F)F)c1. The molecule has 0 aliphatic heterocycles. The molecule has 0 fully saturated rings. The van der Waals surface area contributed by atoms with E-state index in [9.17, 15) is 34.8 Å². The quantitative estimate of drug-likeness (QED) is 0.797. The first kappa shape index (κ1) is 16.8. The molecule has 0 aromatic heterocycles. The summed E-state index contributed by atoms with van der Waals surface area (Å²) in [6.45, 7) is 1.26. The average molecular weight is 320 g/mol. The smallest absolute Gasteiger partial charge is 0.229 e. The summed E-state index contributed by atoms with van der Waals surface area (Å²) in [4.78, 5) is 0. The van der Waals surface area contributed by atoms with Crippen LogP contribution in [0.15, 0.2) is 18.2 Å². The van der Waals surface area contributed by atoms with E-state index < -0.39 is 44.6 Å². The monoisotopic (exact) mass is 320 g/mol. The van der Waals surface area contributed by atoms with Crippen molar-refractivity contribution < 1.29 is 34.8 Å². The molecule has 0 aliphatic carbocycles. The van der Waals surface area contributed by atoms with Crippen LogP contribution in [-0.2, 0) is 27.9 Å². The van der Waals surface area contributed by atoms with Crippen molar-refractivity contribution in [3.05, 3.63) is 34.9 Å². The highest BCUT2D eigenvalue weighted by Gasteiger charge is 2.37. The fourth-order valence-electron chi connectivity index (χ4n) is 1.46. The zero-order chi connectivity index (χ0) is 15.8.